The van der Waals surface area contributed by atoms with E-state index < -0.39 is 0 Å². The lowest BCUT2D eigenvalue weighted by molar-refractivity contribution is 0.0978. The van der Waals surface area contributed by atoms with Gasteiger partial charge in [0, 0.05) is 39.4 Å². The zero-order valence-corrected chi connectivity index (χ0v) is 13.1. The van der Waals surface area contributed by atoms with E-state index in [9.17, 15) is 0 Å². The van der Waals surface area contributed by atoms with Crippen molar-refractivity contribution in [2.75, 3.05) is 33.9 Å². The van der Waals surface area contributed by atoms with Crippen molar-refractivity contribution in [3.05, 3.63) is 35.4 Å². The first-order chi connectivity index (χ1) is 9.63. The van der Waals surface area contributed by atoms with Gasteiger partial charge in [0.2, 0.25) is 0 Å². The Morgan fingerprint density at radius 2 is 1.95 bits per heavy atom. The van der Waals surface area contributed by atoms with Gasteiger partial charge in [0.1, 0.15) is 0 Å². The van der Waals surface area contributed by atoms with E-state index in [4.69, 9.17) is 15.2 Å². The van der Waals surface area contributed by atoms with E-state index in [2.05, 4.69) is 43.0 Å². The molecule has 0 aliphatic carbocycles. The number of hydrogen-bond donors (Lipinski definition) is 1. The van der Waals surface area contributed by atoms with Crippen molar-refractivity contribution in [1.29, 1.82) is 0 Å². The van der Waals surface area contributed by atoms with Crippen LogP contribution in [0.5, 0.6) is 0 Å². The molecule has 0 saturated carbocycles. The van der Waals surface area contributed by atoms with Gasteiger partial charge >= 0.3 is 0 Å². The molecule has 0 aliphatic rings. The van der Waals surface area contributed by atoms with Crippen molar-refractivity contribution < 1.29 is 9.47 Å². The summed E-state index contributed by atoms with van der Waals surface area (Å²) in [5, 5.41) is 0. The fourth-order valence-electron chi connectivity index (χ4n) is 2.49. The topological polar surface area (TPSA) is 47.7 Å². The summed E-state index contributed by atoms with van der Waals surface area (Å²) in [6, 6.07) is 9.10. The van der Waals surface area contributed by atoms with Crippen molar-refractivity contribution in [2.24, 2.45) is 5.73 Å². The summed E-state index contributed by atoms with van der Waals surface area (Å²) >= 11 is 0. The molecule has 1 aromatic rings. The molecule has 1 rings (SSSR count). The zero-order valence-electron chi connectivity index (χ0n) is 13.1. The largest absolute Gasteiger partial charge is 0.383 e. The van der Waals surface area contributed by atoms with Gasteiger partial charge in [-0.15, -0.1) is 0 Å². The summed E-state index contributed by atoms with van der Waals surface area (Å²) in [7, 11) is 3.45. The minimum absolute atomic E-state index is 0.210. The molecule has 1 atom stereocenters. The second-order valence-electron chi connectivity index (χ2n) is 5.25. The van der Waals surface area contributed by atoms with Crippen LogP contribution < -0.4 is 5.73 Å². The third-order valence-corrected chi connectivity index (χ3v) is 3.49. The maximum absolute atomic E-state index is 6.03. The van der Waals surface area contributed by atoms with Crippen LogP contribution in [-0.4, -0.2) is 44.9 Å². The van der Waals surface area contributed by atoms with Gasteiger partial charge in [-0.1, -0.05) is 24.3 Å². The molecular weight excluding hydrogens is 252 g/mol. The first-order valence-electron chi connectivity index (χ1n) is 7.16. The molecule has 0 aliphatic heterocycles. The third-order valence-electron chi connectivity index (χ3n) is 3.49. The molecule has 2 N–H and O–H groups in total. The molecule has 0 fully saturated rings. The lowest BCUT2D eigenvalue weighted by Gasteiger charge is -2.34. The number of nitrogens with two attached hydrogens (primary N) is 1. The number of rotatable bonds is 9. The van der Waals surface area contributed by atoms with Crippen LogP contribution >= 0.6 is 0 Å². The van der Waals surface area contributed by atoms with E-state index >= 15 is 0 Å². The summed E-state index contributed by atoms with van der Waals surface area (Å²) in [6.45, 7) is 7.20. The molecule has 1 unspecified atom stereocenters. The maximum Gasteiger partial charge on any atom is 0.0713 e. The van der Waals surface area contributed by atoms with Gasteiger partial charge in [-0.05, 0) is 25.0 Å². The normalized spacial score (nSPS) is 13.2. The average Bonchev–Trinajstić information content (AvgIpc) is 2.43. The third kappa shape index (κ3) is 4.87. The highest BCUT2D eigenvalue weighted by Crippen LogP contribution is 2.23. The number of nitrogens with zero attached hydrogens (tertiary/aromatic N) is 1. The standard InChI is InChI=1S/C16H28N2O2/c1-13(2)18(8-9-19-3)16(11-17)15-7-5-6-14(10-15)12-20-4/h5-7,10,13,16H,8-9,11-12,17H2,1-4H3. The summed E-state index contributed by atoms with van der Waals surface area (Å²) < 4.78 is 10.4. The van der Waals surface area contributed by atoms with Crippen LogP contribution in [0.25, 0.3) is 0 Å². The highest BCUT2D eigenvalue weighted by atomic mass is 16.5. The Morgan fingerprint density at radius 1 is 1.20 bits per heavy atom. The van der Waals surface area contributed by atoms with Crippen LogP contribution in [-0.2, 0) is 16.1 Å². The van der Waals surface area contributed by atoms with Crippen molar-refractivity contribution in [3.63, 3.8) is 0 Å². The van der Waals surface area contributed by atoms with E-state index in [0.29, 0.717) is 25.8 Å². The highest BCUT2D eigenvalue weighted by molar-refractivity contribution is 5.26. The van der Waals surface area contributed by atoms with Crippen LogP contribution in [0.3, 0.4) is 0 Å². The summed E-state index contributed by atoms with van der Waals surface area (Å²) in [5.74, 6) is 0. The number of ether oxygens (including phenoxy) is 2. The van der Waals surface area contributed by atoms with Crippen LogP contribution in [0.1, 0.15) is 31.0 Å². The lowest BCUT2D eigenvalue weighted by Crippen LogP contribution is -2.40. The second-order valence-corrected chi connectivity index (χ2v) is 5.25. The van der Waals surface area contributed by atoms with E-state index in [0.717, 1.165) is 6.54 Å². The molecule has 114 valence electrons. The summed E-state index contributed by atoms with van der Waals surface area (Å²) in [6.07, 6.45) is 0. The zero-order chi connectivity index (χ0) is 15.0. The fraction of sp³-hybridized carbons (Fsp3) is 0.625. The van der Waals surface area contributed by atoms with Crippen molar-refractivity contribution in [1.82, 2.24) is 4.90 Å². The molecule has 0 aromatic heterocycles. The van der Waals surface area contributed by atoms with E-state index in [1.54, 1.807) is 14.2 Å². The summed E-state index contributed by atoms with van der Waals surface area (Å²) in [5.41, 5.74) is 8.45. The SMILES string of the molecule is COCCN(C(C)C)C(CN)c1cccc(COC)c1. The molecule has 4 nitrogen and oxygen atoms in total. The van der Waals surface area contributed by atoms with Crippen molar-refractivity contribution in [2.45, 2.75) is 32.5 Å². The Kier molecular flexibility index (Phi) is 7.77. The first-order valence-corrected chi connectivity index (χ1v) is 7.16. The second kappa shape index (κ2) is 9.08. The van der Waals surface area contributed by atoms with E-state index in [1.165, 1.54) is 11.1 Å². The Hall–Kier alpha value is -0.940. The fourth-order valence-corrected chi connectivity index (χ4v) is 2.49. The molecular formula is C16H28N2O2. The van der Waals surface area contributed by atoms with Gasteiger partial charge < -0.3 is 15.2 Å². The molecule has 1 aromatic carbocycles. The van der Waals surface area contributed by atoms with Gasteiger partial charge in [-0.25, -0.2) is 0 Å². The van der Waals surface area contributed by atoms with Crippen LogP contribution in [0.15, 0.2) is 24.3 Å². The Morgan fingerprint density at radius 3 is 2.50 bits per heavy atom. The van der Waals surface area contributed by atoms with Crippen molar-refractivity contribution in [3.8, 4) is 0 Å². The van der Waals surface area contributed by atoms with Crippen LogP contribution in [0.2, 0.25) is 0 Å². The monoisotopic (exact) mass is 280 g/mol. The van der Waals surface area contributed by atoms with Crippen LogP contribution in [0.4, 0.5) is 0 Å². The minimum Gasteiger partial charge on any atom is -0.383 e. The summed E-state index contributed by atoms with van der Waals surface area (Å²) in [4.78, 5) is 2.38. The van der Waals surface area contributed by atoms with Gasteiger partial charge in [0.05, 0.1) is 13.2 Å². The Bertz CT molecular complexity index is 382. The van der Waals surface area contributed by atoms with Crippen LogP contribution in [0, 0.1) is 0 Å². The predicted octanol–water partition coefficient (Wildman–Crippen LogP) is 2.19. The Balaban J connectivity index is 2.93. The molecule has 0 saturated heterocycles. The van der Waals surface area contributed by atoms with E-state index in [1.807, 2.05) is 0 Å². The highest BCUT2D eigenvalue weighted by Gasteiger charge is 2.21. The van der Waals surface area contributed by atoms with Gasteiger partial charge in [0.15, 0.2) is 0 Å². The lowest BCUT2D eigenvalue weighted by atomic mass is 10.0. The average molecular weight is 280 g/mol. The van der Waals surface area contributed by atoms with Gasteiger partial charge in [0.25, 0.3) is 0 Å². The smallest absolute Gasteiger partial charge is 0.0713 e. The van der Waals surface area contributed by atoms with Gasteiger partial charge in [-0.2, -0.15) is 0 Å². The quantitative estimate of drug-likeness (QED) is 0.753. The Labute approximate surface area is 122 Å². The van der Waals surface area contributed by atoms with Crippen molar-refractivity contribution >= 4 is 0 Å². The number of benzene rings is 1. The maximum atomic E-state index is 6.03. The predicted molar refractivity (Wildman–Crippen MR) is 82.7 cm³/mol. The number of methoxy groups -OCH3 is 2. The molecule has 0 bridgehead atoms. The molecule has 0 spiro atoms. The number of hydrogen-bond acceptors (Lipinski definition) is 4. The molecule has 20 heavy (non-hydrogen) atoms. The minimum atomic E-state index is 0.210. The molecule has 0 amide bonds. The molecule has 0 radical (unpaired) electrons. The molecule has 4 heteroatoms. The first kappa shape index (κ1) is 17.1. The van der Waals surface area contributed by atoms with Gasteiger partial charge in [-0.3, -0.25) is 4.90 Å². The molecule has 0 heterocycles. The van der Waals surface area contributed by atoms with E-state index in [-0.39, 0.29) is 6.04 Å².